The van der Waals surface area contributed by atoms with Gasteiger partial charge in [-0.2, -0.15) is 0 Å². The molecule has 2 aliphatic rings. The van der Waals surface area contributed by atoms with Crippen LogP contribution in [0.25, 0.3) is 10.8 Å². The summed E-state index contributed by atoms with van der Waals surface area (Å²) in [4.78, 5) is 14.7. The lowest BCUT2D eigenvalue weighted by atomic mass is 9.90. The summed E-state index contributed by atoms with van der Waals surface area (Å²) in [7, 11) is 0. The molecule has 1 aromatic carbocycles. The fraction of sp³-hybridized carbons (Fsp3) is 0.381. The third-order valence-electron chi connectivity index (χ3n) is 5.10. The highest BCUT2D eigenvalue weighted by molar-refractivity contribution is 7.99. The number of hydrogen-bond donors (Lipinski definition) is 1. The van der Waals surface area contributed by atoms with E-state index in [4.69, 9.17) is 13.9 Å². The van der Waals surface area contributed by atoms with Gasteiger partial charge in [0.25, 0.3) is 11.1 Å². The van der Waals surface area contributed by atoms with Crippen LogP contribution in [0.1, 0.15) is 23.8 Å². The monoisotopic (exact) mass is 443 g/mol. The number of thioether (sulfide) groups is 1. The van der Waals surface area contributed by atoms with E-state index in [-0.39, 0.29) is 11.7 Å². The van der Waals surface area contributed by atoms with Crippen LogP contribution in [0.3, 0.4) is 0 Å². The van der Waals surface area contributed by atoms with Gasteiger partial charge < -0.3 is 19.2 Å². The molecule has 3 heterocycles. The first-order valence-electron chi connectivity index (χ1n) is 9.92. The Labute approximate surface area is 182 Å². The van der Waals surface area contributed by atoms with E-state index in [2.05, 4.69) is 28.5 Å². The highest BCUT2D eigenvalue weighted by Gasteiger charge is 2.21. The lowest BCUT2D eigenvalue weighted by Crippen LogP contribution is -2.17. The number of amides is 1. The number of anilines is 1. The van der Waals surface area contributed by atoms with Crippen molar-refractivity contribution in [1.82, 2.24) is 10.2 Å². The number of carbonyl (C=O) groups is 1. The Morgan fingerprint density at radius 2 is 2.10 bits per heavy atom. The van der Waals surface area contributed by atoms with E-state index in [0.717, 1.165) is 23.6 Å². The molecule has 1 aliphatic carbocycles. The van der Waals surface area contributed by atoms with Gasteiger partial charge in [0.15, 0.2) is 11.5 Å². The van der Waals surface area contributed by atoms with Crippen molar-refractivity contribution in [2.24, 2.45) is 5.92 Å². The summed E-state index contributed by atoms with van der Waals surface area (Å²) in [6.45, 7) is 3.33. The van der Waals surface area contributed by atoms with Gasteiger partial charge in [-0.1, -0.05) is 18.7 Å². The number of fused-ring (bicyclic) bond motifs is 2. The minimum Gasteiger partial charge on any atom is -0.486 e. The SMILES string of the molecule is CC1CCc2sc(-c3nnc(SCC(=O)Nc4ccc5c(c4)OCCO5)o3)cc2C1. The average molecular weight is 444 g/mol. The van der Waals surface area contributed by atoms with E-state index in [1.807, 2.05) is 0 Å². The molecule has 1 amide bonds. The number of ether oxygens (including phenoxy) is 2. The van der Waals surface area contributed by atoms with Crippen LogP contribution in [0.15, 0.2) is 33.9 Å². The van der Waals surface area contributed by atoms with Gasteiger partial charge in [-0.05, 0) is 48.9 Å². The van der Waals surface area contributed by atoms with Crippen LogP contribution < -0.4 is 14.8 Å². The second-order valence-electron chi connectivity index (χ2n) is 7.48. The van der Waals surface area contributed by atoms with E-state index in [1.54, 1.807) is 29.5 Å². The van der Waals surface area contributed by atoms with Crippen molar-refractivity contribution < 1.29 is 18.7 Å². The van der Waals surface area contributed by atoms with Crippen LogP contribution in [0.2, 0.25) is 0 Å². The summed E-state index contributed by atoms with van der Waals surface area (Å²) < 4.78 is 16.8. The fourth-order valence-electron chi connectivity index (χ4n) is 3.62. The molecule has 1 aliphatic heterocycles. The smallest absolute Gasteiger partial charge is 0.277 e. The molecule has 156 valence electrons. The van der Waals surface area contributed by atoms with Crippen molar-refractivity contribution in [2.75, 3.05) is 24.3 Å². The topological polar surface area (TPSA) is 86.5 Å². The Hall–Kier alpha value is -2.52. The van der Waals surface area contributed by atoms with Gasteiger partial charge in [-0.25, -0.2) is 0 Å². The van der Waals surface area contributed by atoms with Crippen molar-refractivity contribution in [3.05, 3.63) is 34.7 Å². The summed E-state index contributed by atoms with van der Waals surface area (Å²) in [5, 5.41) is 11.5. The van der Waals surface area contributed by atoms with E-state index in [9.17, 15) is 4.79 Å². The molecular weight excluding hydrogens is 422 g/mol. The minimum absolute atomic E-state index is 0.156. The predicted octanol–water partition coefficient (Wildman–Crippen LogP) is 4.42. The summed E-state index contributed by atoms with van der Waals surface area (Å²) in [5.74, 6) is 2.60. The summed E-state index contributed by atoms with van der Waals surface area (Å²) >= 11 is 2.96. The van der Waals surface area contributed by atoms with Crippen LogP contribution in [-0.2, 0) is 17.6 Å². The number of rotatable bonds is 5. The lowest BCUT2D eigenvalue weighted by molar-refractivity contribution is -0.113. The van der Waals surface area contributed by atoms with Gasteiger partial charge in [0.2, 0.25) is 5.91 Å². The molecule has 0 saturated carbocycles. The molecule has 3 aromatic rings. The van der Waals surface area contributed by atoms with Gasteiger partial charge >= 0.3 is 0 Å². The first-order valence-corrected chi connectivity index (χ1v) is 11.7. The maximum atomic E-state index is 12.3. The normalized spacial score (nSPS) is 17.4. The van der Waals surface area contributed by atoms with Gasteiger partial charge in [-0.3, -0.25) is 4.79 Å². The largest absolute Gasteiger partial charge is 0.486 e. The van der Waals surface area contributed by atoms with Crippen molar-refractivity contribution in [3.63, 3.8) is 0 Å². The van der Waals surface area contributed by atoms with Crippen molar-refractivity contribution in [3.8, 4) is 22.3 Å². The fourth-order valence-corrected chi connectivity index (χ4v) is 5.32. The van der Waals surface area contributed by atoms with Crippen LogP contribution in [-0.4, -0.2) is 35.1 Å². The molecule has 0 fully saturated rings. The molecule has 7 nitrogen and oxygen atoms in total. The molecular formula is C21H21N3O4S2. The highest BCUT2D eigenvalue weighted by atomic mass is 32.2. The number of hydrogen-bond acceptors (Lipinski definition) is 8. The number of nitrogens with zero attached hydrogens (tertiary/aromatic N) is 2. The predicted molar refractivity (Wildman–Crippen MR) is 116 cm³/mol. The van der Waals surface area contributed by atoms with Gasteiger partial charge in [-0.15, -0.1) is 21.5 Å². The molecule has 9 heteroatoms. The Morgan fingerprint density at radius 3 is 3.00 bits per heavy atom. The quantitative estimate of drug-likeness (QED) is 0.584. The van der Waals surface area contributed by atoms with E-state index >= 15 is 0 Å². The average Bonchev–Trinajstić information content (AvgIpc) is 3.38. The Balaban J connectivity index is 1.18. The zero-order valence-corrected chi connectivity index (χ0v) is 18.1. The van der Waals surface area contributed by atoms with E-state index in [0.29, 0.717) is 41.5 Å². The number of benzene rings is 1. The Morgan fingerprint density at radius 1 is 1.23 bits per heavy atom. The Bertz CT molecular complexity index is 1080. The third kappa shape index (κ3) is 4.17. The first kappa shape index (κ1) is 19.4. The molecule has 0 radical (unpaired) electrons. The molecule has 1 N–H and O–H groups in total. The van der Waals surface area contributed by atoms with Crippen molar-refractivity contribution in [2.45, 2.75) is 31.4 Å². The van der Waals surface area contributed by atoms with Crippen molar-refractivity contribution in [1.29, 1.82) is 0 Å². The number of aromatic nitrogens is 2. The maximum Gasteiger partial charge on any atom is 0.277 e. The first-order chi connectivity index (χ1) is 14.6. The zero-order valence-electron chi connectivity index (χ0n) is 16.5. The van der Waals surface area contributed by atoms with Gasteiger partial charge in [0.1, 0.15) is 13.2 Å². The van der Waals surface area contributed by atoms with Crippen LogP contribution >= 0.6 is 23.1 Å². The highest BCUT2D eigenvalue weighted by Crippen LogP contribution is 2.37. The number of carbonyl (C=O) groups excluding carboxylic acids is 1. The standard InChI is InChI=1S/C21H21N3O4S2/c1-12-2-5-17-13(8-12)9-18(30-17)20-23-24-21(28-20)29-11-19(25)22-14-3-4-15-16(10-14)27-7-6-26-15/h3-4,9-10,12H,2,5-8,11H2,1H3,(H,22,25). The molecule has 0 bridgehead atoms. The number of nitrogens with one attached hydrogen (secondary N) is 1. The second-order valence-corrected chi connectivity index (χ2v) is 9.54. The van der Waals surface area contributed by atoms with Crippen LogP contribution in [0, 0.1) is 5.92 Å². The molecule has 0 saturated heterocycles. The molecule has 5 rings (SSSR count). The number of aryl methyl sites for hydroxylation is 1. The molecule has 2 aromatic heterocycles. The maximum absolute atomic E-state index is 12.3. The van der Waals surface area contributed by atoms with E-state index in [1.165, 1.54) is 28.6 Å². The molecule has 30 heavy (non-hydrogen) atoms. The number of thiophene rings is 1. The van der Waals surface area contributed by atoms with Crippen LogP contribution in [0.5, 0.6) is 11.5 Å². The second kappa shape index (κ2) is 8.31. The Kier molecular flexibility index (Phi) is 5.39. The van der Waals surface area contributed by atoms with Gasteiger partial charge in [0.05, 0.1) is 10.6 Å². The summed E-state index contributed by atoms with van der Waals surface area (Å²) in [6.07, 6.45) is 3.47. The molecule has 1 atom stereocenters. The minimum atomic E-state index is -0.156. The lowest BCUT2D eigenvalue weighted by Gasteiger charge is -2.18. The van der Waals surface area contributed by atoms with Crippen LogP contribution in [0.4, 0.5) is 5.69 Å². The van der Waals surface area contributed by atoms with E-state index < -0.39 is 0 Å². The summed E-state index contributed by atoms with van der Waals surface area (Å²) in [6, 6.07) is 7.52. The summed E-state index contributed by atoms with van der Waals surface area (Å²) in [5.41, 5.74) is 2.06. The van der Waals surface area contributed by atoms with Crippen molar-refractivity contribution >= 4 is 34.7 Å². The molecule has 0 spiro atoms. The third-order valence-corrected chi connectivity index (χ3v) is 7.14. The zero-order chi connectivity index (χ0) is 20.5. The molecule has 1 unspecified atom stereocenters. The van der Waals surface area contributed by atoms with Gasteiger partial charge in [0, 0.05) is 16.6 Å².